The van der Waals surface area contributed by atoms with Crippen molar-refractivity contribution in [2.45, 2.75) is 25.7 Å². The molecule has 0 aliphatic carbocycles. The lowest BCUT2D eigenvalue weighted by Crippen LogP contribution is -1.95. The van der Waals surface area contributed by atoms with E-state index in [1.54, 1.807) is 6.07 Å². The number of aromatic hydroxyl groups is 1. The van der Waals surface area contributed by atoms with Crippen molar-refractivity contribution in [3.63, 3.8) is 0 Å². The quantitative estimate of drug-likeness (QED) is 0.736. The second-order valence-corrected chi connectivity index (χ2v) is 3.39. The minimum absolute atomic E-state index is 0.146. The molecule has 1 aromatic carbocycles. The number of rotatable bonds is 5. The second-order valence-electron chi connectivity index (χ2n) is 3.39. The Morgan fingerprint density at radius 3 is 2.67 bits per heavy atom. The number of benzene rings is 1. The fraction of sp³-hybridized carbons (Fsp3) is 0.364. The van der Waals surface area contributed by atoms with E-state index in [2.05, 4.69) is 0 Å². The van der Waals surface area contributed by atoms with Crippen molar-refractivity contribution in [1.29, 1.82) is 0 Å². The Kier molecular flexibility index (Phi) is 4.09. The van der Waals surface area contributed by atoms with Gasteiger partial charge in [0.2, 0.25) is 0 Å². The van der Waals surface area contributed by atoms with Gasteiger partial charge in [0.25, 0.3) is 0 Å². The number of phenols is 1. The molecular formula is C11H13FO3. The fourth-order valence-corrected chi connectivity index (χ4v) is 1.32. The molecule has 0 aliphatic rings. The van der Waals surface area contributed by atoms with E-state index < -0.39 is 11.8 Å². The predicted octanol–water partition coefficient (Wildman–Crippen LogP) is 2.33. The molecule has 82 valence electrons. The molecule has 0 saturated carbocycles. The van der Waals surface area contributed by atoms with Crippen LogP contribution < -0.4 is 0 Å². The zero-order valence-corrected chi connectivity index (χ0v) is 8.24. The molecule has 15 heavy (non-hydrogen) atoms. The third-order valence-electron chi connectivity index (χ3n) is 2.12. The largest absolute Gasteiger partial charge is 0.505 e. The summed E-state index contributed by atoms with van der Waals surface area (Å²) >= 11 is 0. The van der Waals surface area contributed by atoms with Crippen molar-refractivity contribution in [1.82, 2.24) is 0 Å². The highest BCUT2D eigenvalue weighted by atomic mass is 19.1. The first-order valence-electron chi connectivity index (χ1n) is 4.79. The number of carbonyl (C=O) groups is 1. The van der Waals surface area contributed by atoms with Crippen LogP contribution in [0.5, 0.6) is 5.75 Å². The van der Waals surface area contributed by atoms with Gasteiger partial charge in [0.05, 0.1) is 0 Å². The van der Waals surface area contributed by atoms with E-state index in [9.17, 15) is 9.18 Å². The summed E-state index contributed by atoms with van der Waals surface area (Å²) in [6.07, 6.45) is 2.11. The maximum atomic E-state index is 12.7. The van der Waals surface area contributed by atoms with E-state index in [-0.39, 0.29) is 12.2 Å². The monoisotopic (exact) mass is 212 g/mol. The Labute approximate surface area is 87.2 Å². The van der Waals surface area contributed by atoms with Crippen LogP contribution in [-0.2, 0) is 11.2 Å². The molecule has 0 heterocycles. The number of unbranched alkanes of at least 4 members (excludes halogenated alkanes) is 1. The van der Waals surface area contributed by atoms with Gasteiger partial charge in [0.1, 0.15) is 0 Å². The van der Waals surface area contributed by atoms with Crippen LogP contribution in [0, 0.1) is 5.82 Å². The molecule has 0 saturated heterocycles. The first kappa shape index (κ1) is 11.5. The van der Waals surface area contributed by atoms with Gasteiger partial charge in [-0.25, -0.2) is 4.39 Å². The van der Waals surface area contributed by atoms with Gasteiger partial charge in [0.15, 0.2) is 11.6 Å². The summed E-state index contributed by atoms with van der Waals surface area (Å²) < 4.78 is 12.7. The lowest BCUT2D eigenvalue weighted by molar-refractivity contribution is -0.137. The molecule has 0 bridgehead atoms. The number of aliphatic carboxylic acids is 1. The number of hydrogen-bond acceptors (Lipinski definition) is 2. The molecule has 2 N–H and O–H groups in total. The number of carboxylic acids is 1. The van der Waals surface area contributed by atoms with Crippen molar-refractivity contribution < 1.29 is 19.4 Å². The third kappa shape index (κ3) is 3.97. The number of halogens is 1. The molecule has 0 aromatic heterocycles. The van der Waals surface area contributed by atoms with Gasteiger partial charge >= 0.3 is 5.97 Å². The van der Waals surface area contributed by atoms with Gasteiger partial charge in [-0.2, -0.15) is 0 Å². The van der Waals surface area contributed by atoms with E-state index in [0.29, 0.717) is 12.8 Å². The predicted molar refractivity (Wildman–Crippen MR) is 53.3 cm³/mol. The second kappa shape index (κ2) is 5.34. The lowest BCUT2D eigenvalue weighted by Gasteiger charge is -2.02. The maximum absolute atomic E-state index is 12.7. The Morgan fingerprint density at radius 1 is 1.33 bits per heavy atom. The van der Waals surface area contributed by atoms with E-state index in [0.717, 1.165) is 12.0 Å². The number of aryl methyl sites for hydroxylation is 1. The smallest absolute Gasteiger partial charge is 0.303 e. The standard InChI is InChI=1S/C11H13FO3/c12-9-6-5-8(7-10(9)13)3-1-2-4-11(14)15/h5-7,13H,1-4H2,(H,14,15). The van der Waals surface area contributed by atoms with Gasteiger partial charge in [-0.05, 0) is 37.0 Å². The number of carboxylic acid groups (broad SMARTS) is 1. The minimum Gasteiger partial charge on any atom is -0.505 e. The minimum atomic E-state index is -0.808. The molecule has 3 nitrogen and oxygen atoms in total. The van der Waals surface area contributed by atoms with Crippen LogP contribution >= 0.6 is 0 Å². The number of hydrogen-bond donors (Lipinski definition) is 2. The molecule has 0 fully saturated rings. The van der Waals surface area contributed by atoms with Crippen molar-refractivity contribution in [3.05, 3.63) is 29.6 Å². The summed E-state index contributed by atoms with van der Waals surface area (Å²) in [5.41, 5.74) is 0.819. The van der Waals surface area contributed by atoms with E-state index >= 15 is 0 Å². The molecule has 0 unspecified atom stereocenters. The average molecular weight is 212 g/mol. The Hall–Kier alpha value is -1.58. The summed E-state index contributed by atoms with van der Waals surface area (Å²) in [4.78, 5) is 10.2. The van der Waals surface area contributed by atoms with Crippen LogP contribution in [0.25, 0.3) is 0 Å². The normalized spacial score (nSPS) is 10.2. The van der Waals surface area contributed by atoms with Crippen LogP contribution in [-0.4, -0.2) is 16.2 Å². The molecule has 1 rings (SSSR count). The Bertz CT molecular complexity index is 350. The molecular weight excluding hydrogens is 199 g/mol. The molecule has 4 heteroatoms. The van der Waals surface area contributed by atoms with Gasteiger partial charge in [0, 0.05) is 6.42 Å². The summed E-state index contributed by atoms with van der Waals surface area (Å²) in [6, 6.07) is 4.17. The lowest BCUT2D eigenvalue weighted by atomic mass is 10.1. The highest BCUT2D eigenvalue weighted by Gasteiger charge is 2.02. The summed E-state index contributed by atoms with van der Waals surface area (Å²) in [6.45, 7) is 0. The Balaban J connectivity index is 2.38. The zero-order chi connectivity index (χ0) is 11.3. The van der Waals surface area contributed by atoms with Gasteiger partial charge in [-0.1, -0.05) is 6.07 Å². The van der Waals surface area contributed by atoms with E-state index in [1.165, 1.54) is 12.1 Å². The Morgan fingerprint density at radius 2 is 2.07 bits per heavy atom. The van der Waals surface area contributed by atoms with Crippen molar-refractivity contribution in [2.24, 2.45) is 0 Å². The van der Waals surface area contributed by atoms with Crippen LogP contribution in [0.4, 0.5) is 4.39 Å². The van der Waals surface area contributed by atoms with Gasteiger partial charge < -0.3 is 10.2 Å². The summed E-state index contributed by atoms with van der Waals surface area (Å²) in [7, 11) is 0. The van der Waals surface area contributed by atoms with Crippen molar-refractivity contribution in [3.8, 4) is 5.75 Å². The first-order valence-corrected chi connectivity index (χ1v) is 4.79. The average Bonchev–Trinajstić information content (AvgIpc) is 2.18. The molecule has 0 spiro atoms. The number of phenolic OH excluding ortho intramolecular Hbond substituents is 1. The van der Waals surface area contributed by atoms with Crippen molar-refractivity contribution in [2.75, 3.05) is 0 Å². The van der Waals surface area contributed by atoms with Gasteiger partial charge in [-0.3, -0.25) is 4.79 Å². The SMILES string of the molecule is O=C(O)CCCCc1ccc(F)c(O)c1. The third-order valence-corrected chi connectivity index (χ3v) is 2.12. The maximum Gasteiger partial charge on any atom is 0.303 e. The van der Waals surface area contributed by atoms with E-state index in [4.69, 9.17) is 10.2 Å². The van der Waals surface area contributed by atoms with Crippen LogP contribution in [0.15, 0.2) is 18.2 Å². The molecule has 0 aliphatic heterocycles. The zero-order valence-electron chi connectivity index (χ0n) is 8.24. The highest BCUT2D eigenvalue weighted by Crippen LogP contribution is 2.18. The van der Waals surface area contributed by atoms with E-state index in [1.807, 2.05) is 0 Å². The topological polar surface area (TPSA) is 57.5 Å². The summed E-state index contributed by atoms with van der Waals surface area (Å²) in [5.74, 6) is -1.80. The fourth-order valence-electron chi connectivity index (χ4n) is 1.32. The first-order chi connectivity index (χ1) is 7.09. The molecule has 0 radical (unpaired) electrons. The highest BCUT2D eigenvalue weighted by molar-refractivity contribution is 5.66. The van der Waals surface area contributed by atoms with Crippen molar-refractivity contribution >= 4 is 5.97 Å². The molecule has 0 amide bonds. The molecule has 0 atom stereocenters. The van der Waals surface area contributed by atoms with Crippen LogP contribution in [0.1, 0.15) is 24.8 Å². The molecule has 1 aromatic rings. The van der Waals surface area contributed by atoms with Gasteiger partial charge in [-0.15, -0.1) is 0 Å². The van der Waals surface area contributed by atoms with Crippen LogP contribution in [0.2, 0.25) is 0 Å². The summed E-state index contributed by atoms with van der Waals surface area (Å²) in [5, 5.41) is 17.5. The van der Waals surface area contributed by atoms with Crippen LogP contribution in [0.3, 0.4) is 0 Å².